The van der Waals surface area contributed by atoms with E-state index in [1.807, 2.05) is 12.1 Å². The summed E-state index contributed by atoms with van der Waals surface area (Å²) < 4.78 is 10.3. The zero-order chi connectivity index (χ0) is 22.3. The van der Waals surface area contributed by atoms with Crippen LogP contribution in [0.15, 0.2) is 82.5 Å². The van der Waals surface area contributed by atoms with Gasteiger partial charge in [-0.3, -0.25) is 4.79 Å². The lowest BCUT2D eigenvalue weighted by Gasteiger charge is -2.18. The number of nitrogens with zero attached hydrogens (tertiary/aromatic N) is 1. The maximum atomic E-state index is 12.2. The highest BCUT2D eigenvalue weighted by Crippen LogP contribution is 2.22. The molecule has 1 N–H and O–H groups in total. The molecule has 6 heteroatoms. The van der Waals surface area contributed by atoms with Crippen molar-refractivity contribution in [3.05, 3.63) is 95.5 Å². The summed E-state index contributed by atoms with van der Waals surface area (Å²) in [5.74, 6) is 0.165. The number of ether oxygens (including phenoxy) is 1. The number of nitrogens with one attached hydrogen (secondary N) is 1. The van der Waals surface area contributed by atoms with E-state index in [-0.39, 0.29) is 11.3 Å². The van der Waals surface area contributed by atoms with Gasteiger partial charge in [-0.05, 0) is 71.1 Å². The molecule has 0 bridgehead atoms. The molecule has 2 aromatic carbocycles. The molecular weight excluding hydrogens is 392 g/mol. The number of hydrazone groups is 1. The van der Waals surface area contributed by atoms with Gasteiger partial charge in [-0.25, -0.2) is 10.2 Å². The second-order valence-corrected chi connectivity index (χ2v) is 7.87. The maximum absolute atomic E-state index is 12.2. The summed E-state index contributed by atoms with van der Waals surface area (Å²) in [6, 6.07) is 17.7. The Morgan fingerprint density at radius 3 is 2.32 bits per heavy atom. The first kappa shape index (κ1) is 21.8. The van der Waals surface area contributed by atoms with E-state index >= 15 is 0 Å². The third kappa shape index (κ3) is 6.54. The zero-order valence-corrected chi connectivity index (χ0v) is 17.7. The van der Waals surface area contributed by atoms with E-state index in [9.17, 15) is 9.59 Å². The molecule has 3 aromatic rings. The topological polar surface area (TPSA) is 80.9 Å². The maximum Gasteiger partial charge on any atom is 0.336 e. The summed E-state index contributed by atoms with van der Waals surface area (Å²) >= 11 is 0. The van der Waals surface area contributed by atoms with Gasteiger partial charge in [-0.1, -0.05) is 32.9 Å². The van der Waals surface area contributed by atoms with Crippen molar-refractivity contribution in [3.8, 4) is 5.75 Å². The molecule has 1 heterocycles. The van der Waals surface area contributed by atoms with Crippen molar-refractivity contribution < 1.29 is 18.7 Å². The minimum atomic E-state index is -0.512. The number of carbonyl (C=O) groups is 2. The molecule has 158 valence electrons. The molecule has 0 spiro atoms. The number of rotatable bonds is 6. The molecule has 0 saturated carbocycles. The average molecular weight is 416 g/mol. The Labute approximate surface area is 181 Å². The lowest BCUT2D eigenvalue weighted by molar-refractivity contribution is -0.128. The molecule has 0 saturated heterocycles. The van der Waals surface area contributed by atoms with E-state index in [1.165, 1.54) is 24.6 Å². The molecular formula is C25H24N2O4. The van der Waals surface area contributed by atoms with Crippen LogP contribution >= 0.6 is 0 Å². The van der Waals surface area contributed by atoms with Crippen LogP contribution in [0.3, 0.4) is 0 Å². The molecule has 0 fully saturated rings. The summed E-state index contributed by atoms with van der Waals surface area (Å²) in [5, 5.41) is 3.98. The molecule has 0 unspecified atom stereocenters. The number of carbonyl (C=O) groups excluding carboxylic acids is 2. The fraction of sp³-hybridized carbons (Fsp3) is 0.160. The van der Waals surface area contributed by atoms with Crippen molar-refractivity contribution in [2.75, 3.05) is 0 Å². The smallest absolute Gasteiger partial charge is 0.336 e. The number of furan rings is 1. The Morgan fingerprint density at radius 2 is 1.71 bits per heavy atom. The van der Waals surface area contributed by atoms with E-state index in [0.717, 1.165) is 11.1 Å². The van der Waals surface area contributed by atoms with Crippen LogP contribution < -0.4 is 10.2 Å². The van der Waals surface area contributed by atoms with E-state index in [1.54, 1.807) is 48.5 Å². The molecule has 6 nitrogen and oxygen atoms in total. The van der Waals surface area contributed by atoms with Crippen LogP contribution in [0.5, 0.6) is 5.75 Å². The number of hydrogen-bond donors (Lipinski definition) is 1. The number of amides is 1. The minimum absolute atomic E-state index is 0.0311. The Hall–Kier alpha value is -3.93. The minimum Gasteiger partial charge on any atom is -0.465 e. The van der Waals surface area contributed by atoms with Gasteiger partial charge in [0.25, 0.3) is 5.91 Å². The molecule has 1 amide bonds. The summed E-state index contributed by atoms with van der Waals surface area (Å²) in [4.78, 5) is 24.0. The molecule has 0 atom stereocenters. The molecule has 3 rings (SSSR count). The Balaban J connectivity index is 1.51. The van der Waals surface area contributed by atoms with Crippen LogP contribution in [0.25, 0.3) is 6.08 Å². The van der Waals surface area contributed by atoms with E-state index in [0.29, 0.717) is 17.1 Å². The number of benzene rings is 2. The van der Waals surface area contributed by atoms with E-state index in [4.69, 9.17) is 9.15 Å². The SMILES string of the molecule is CC(C)(C)c1ccc(C(=O)N/N=C/c2ccc(OC(=O)/C=C/c3ccco3)cc2)cc1. The van der Waals surface area contributed by atoms with Gasteiger partial charge in [0.2, 0.25) is 0 Å². The van der Waals surface area contributed by atoms with Crippen molar-refractivity contribution >= 4 is 24.2 Å². The predicted octanol–water partition coefficient (Wildman–Crippen LogP) is 4.96. The first-order valence-electron chi connectivity index (χ1n) is 9.79. The number of hydrogen-bond acceptors (Lipinski definition) is 5. The second-order valence-electron chi connectivity index (χ2n) is 7.87. The van der Waals surface area contributed by atoms with Gasteiger partial charge in [-0.15, -0.1) is 0 Å². The van der Waals surface area contributed by atoms with Crippen LogP contribution in [-0.4, -0.2) is 18.1 Å². The second kappa shape index (κ2) is 9.71. The highest BCUT2D eigenvalue weighted by Gasteiger charge is 2.14. The summed E-state index contributed by atoms with van der Waals surface area (Å²) in [6.45, 7) is 6.36. The Bertz CT molecular complexity index is 1070. The monoisotopic (exact) mass is 416 g/mol. The average Bonchev–Trinajstić information content (AvgIpc) is 3.27. The summed E-state index contributed by atoms with van der Waals surface area (Å²) in [6.07, 6.45) is 5.86. The van der Waals surface area contributed by atoms with Crippen LogP contribution in [0.2, 0.25) is 0 Å². The van der Waals surface area contributed by atoms with Crippen LogP contribution in [0.4, 0.5) is 0 Å². The molecule has 0 aliphatic carbocycles. The van der Waals surface area contributed by atoms with Gasteiger partial charge < -0.3 is 9.15 Å². The van der Waals surface area contributed by atoms with Crippen molar-refractivity contribution in [2.45, 2.75) is 26.2 Å². The van der Waals surface area contributed by atoms with Crippen LogP contribution in [-0.2, 0) is 10.2 Å². The molecule has 0 radical (unpaired) electrons. The lowest BCUT2D eigenvalue weighted by Crippen LogP contribution is -2.18. The number of esters is 1. The van der Waals surface area contributed by atoms with Crippen LogP contribution in [0, 0.1) is 0 Å². The summed E-state index contributed by atoms with van der Waals surface area (Å²) in [5.41, 5.74) is 4.98. The first-order chi connectivity index (χ1) is 14.8. The predicted molar refractivity (Wildman–Crippen MR) is 120 cm³/mol. The summed E-state index contributed by atoms with van der Waals surface area (Å²) in [7, 11) is 0. The van der Waals surface area contributed by atoms with Gasteiger partial charge in [0.05, 0.1) is 12.5 Å². The third-order valence-electron chi connectivity index (χ3n) is 4.42. The fourth-order valence-electron chi connectivity index (χ4n) is 2.66. The van der Waals surface area contributed by atoms with E-state index < -0.39 is 5.97 Å². The van der Waals surface area contributed by atoms with Gasteiger partial charge >= 0.3 is 5.97 Å². The van der Waals surface area contributed by atoms with Crippen molar-refractivity contribution in [3.63, 3.8) is 0 Å². The van der Waals surface area contributed by atoms with E-state index in [2.05, 4.69) is 31.3 Å². The Kier molecular flexibility index (Phi) is 6.82. The largest absolute Gasteiger partial charge is 0.465 e. The van der Waals surface area contributed by atoms with Gasteiger partial charge in [-0.2, -0.15) is 5.10 Å². The molecule has 31 heavy (non-hydrogen) atoms. The van der Waals surface area contributed by atoms with Crippen molar-refractivity contribution in [1.29, 1.82) is 0 Å². The highest BCUT2D eigenvalue weighted by atomic mass is 16.5. The van der Waals surface area contributed by atoms with Gasteiger partial charge in [0.15, 0.2) is 0 Å². The quantitative estimate of drug-likeness (QED) is 0.202. The van der Waals surface area contributed by atoms with Crippen molar-refractivity contribution in [1.82, 2.24) is 5.43 Å². The molecule has 0 aliphatic rings. The Morgan fingerprint density at radius 1 is 1.00 bits per heavy atom. The highest BCUT2D eigenvalue weighted by molar-refractivity contribution is 5.95. The van der Waals surface area contributed by atoms with Crippen molar-refractivity contribution in [2.24, 2.45) is 5.10 Å². The standard InChI is InChI=1S/C25H24N2O4/c1-25(2,3)20-10-8-19(9-11-20)24(29)27-26-17-18-6-12-22(13-7-18)31-23(28)15-14-21-5-4-16-30-21/h4-17H,1-3H3,(H,27,29)/b15-14+,26-17+. The molecule has 0 aliphatic heterocycles. The normalized spacial score (nSPS) is 11.7. The fourth-order valence-corrected chi connectivity index (χ4v) is 2.66. The zero-order valence-electron chi connectivity index (χ0n) is 17.7. The van der Waals surface area contributed by atoms with Gasteiger partial charge in [0.1, 0.15) is 11.5 Å². The third-order valence-corrected chi connectivity index (χ3v) is 4.42. The lowest BCUT2D eigenvalue weighted by atomic mass is 9.87. The first-order valence-corrected chi connectivity index (χ1v) is 9.79. The molecule has 1 aromatic heterocycles. The van der Waals surface area contributed by atoms with Gasteiger partial charge in [0, 0.05) is 11.6 Å². The van der Waals surface area contributed by atoms with Crippen LogP contribution in [0.1, 0.15) is 48.0 Å².